The normalized spacial score (nSPS) is 10.3. The summed E-state index contributed by atoms with van der Waals surface area (Å²) in [6.07, 6.45) is 0. The predicted molar refractivity (Wildman–Crippen MR) is 75.2 cm³/mol. The molecule has 98 valence electrons. The molecular weight excluding hydrogens is 264 g/mol. The molecule has 0 saturated carbocycles. The summed E-state index contributed by atoms with van der Waals surface area (Å²) in [5.74, 6) is 0.776. The van der Waals surface area contributed by atoms with Crippen molar-refractivity contribution in [3.63, 3.8) is 0 Å². The molecule has 0 heterocycles. The van der Waals surface area contributed by atoms with Gasteiger partial charge in [0.2, 0.25) is 0 Å². The highest BCUT2D eigenvalue weighted by atomic mass is 32.2. The quantitative estimate of drug-likeness (QED) is 0.387. The Morgan fingerprint density at radius 3 is 2.74 bits per heavy atom. The zero-order chi connectivity index (χ0) is 13.8. The van der Waals surface area contributed by atoms with E-state index in [1.165, 1.54) is 23.9 Å². The Labute approximate surface area is 114 Å². The van der Waals surface area contributed by atoms with Gasteiger partial charge in [-0.2, -0.15) is 0 Å². The molecule has 0 bridgehead atoms. The van der Waals surface area contributed by atoms with Crippen molar-refractivity contribution in [2.75, 3.05) is 5.73 Å². The predicted octanol–water partition coefficient (Wildman–Crippen LogP) is 3.17. The Kier molecular flexibility index (Phi) is 3.91. The minimum absolute atomic E-state index is 0.0750. The summed E-state index contributed by atoms with van der Waals surface area (Å²) in [4.78, 5) is 11.2. The SMILES string of the molecule is Nc1ccc(CSc2cccc(O)c2)cc1[N+](=O)[O-]. The molecule has 0 unspecified atom stereocenters. The lowest BCUT2D eigenvalue weighted by Gasteiger charge is -2.04. The van der Waals surface area contributed by atoms with Gasteiger partial charge >= 0.3 is 0 Å². The first-order valence-corrected chi connectivity index (χ1v) is 6.49. The van der Waals surface area contributed by atoms with Crippen LogP contribution in [-0.2, 0) is 5.75 Å². The van der Waals surface area contributed by atoms with E-state index in [0.717, 1.165) is 10.5 Å². The van der Waals surface area contributed by atoms with Crippen LogP contribution in [0, 0.1) is 10.1 Å². The van der Waals surface area contributed by atoms with E-state index in [2.05, 4.69) is 0 Å². The highest BCUT2D eigenvalue weighted by molar-refractivity contribution is 7.98. The van der Waals surface area contributed by atoms with E-state index in [0.29, 0.717) is 5.75 Å². The Bertz CT molecular complexity index is 617. The van der Waals surface area contributed by atoms with Crippen molar-refractivity contribution in [1.82, 2.24) is 0 Å². The molecule has 2 aromatic carbocycles. The molecule has 19 heavy (non-hydrogen) atoms. The number of rotatable bonds is 4. The van der Waals surface area contributed by atoms with Gasteiger partial charge in [0, 0.05) is 16.7 Å². The fourth-order valence-corrected chi connectivity index (χ4v) is 2.47. The lowest BCUT2D eigenvalue weighted by Crippen LogP contribution is -1.96. The van der Waals surface area contributed by atoms with Crippen LogP contribution in [0.2, 0.25) is 0 Å². The summed E-state index contributed by atoms with van der Waals surface area (Å²) < 4.78 is 0. The summed E-state index contributed by atoms with van der Waals surface area (Å²) in [6.45, 7) is 0. The number of nitrogens with zero attached hydrogens (tertiary/aromatic N) is 1. The van der Waals surface area contributed by atoms with E-state index in [-0.39, 0.29) is 17.1 Å². The van der Waals surface area contributed by atoms with Gasteiger partial charge in [0.15, 0.2) is 0 Å². The Balaban J connectivity index is 2.12. The lowest BCUT2D eigenvalue weighted by molar-refractivity contribution is -0.383. The highest BCUT2D eigenvalue weighted by Gasteiger charge is 2.11. The maximum absolute atomic E-state index is 10.8. The van der Waals surface area contributed by atoms with E-state index in [9.17, 15) is 15.2 Å². The van der Waals surface area contributed by atoms with Gasteiger partial charge in [-0.1, -0.05) is 12.1 Å². The third-order valence-electron chi connectivity index (χ3n) is 2.51. The van der Waals surface area contributed by atoms with Gasteiger partial charge in [-0.25, -0.2) is 0 Å². The molecule has 0 aliphatic rings. The molecule has 0 atom stereocenters. The van der Waals surface area contributed by atoms with E-state index >= 15 is 0 Å². The molecule has 3 N–H and O–H groups in total. The van der Waals surface area contributed by atoms with Crippen LogP contribution >= 0.6 is 11.8 Å². The van der Waals surface area contributed by atoms with Crippen molar-refractivity contribution in [1.29, 1.82) is 0 Å². The highest BCUT2D eigenvalue weighted by Crippen LogP contribution is 2.28. The first kappa shape index (κ1) is 13.2. The number of nitro groups is 1. The number of nitro benzene ring substituents is 1. The first-order valence-electron chi connectivity index (χ1n) is 5.51. The van der Waals surface area contributed by atoms with E-state index < -0.39 is 4.92 Å². The van der Waals surface area contributed by atoms with Gasteiger partial charge in [0.25, 0.3) is 5.69 Å². The Hall–Kier alpha value is -2.21. The van der Waals surface area contributed by atoms with Gasteiger partial charge < -0.3 is 10.8 Å². The monoisotopic (exact) mass is 276 g/mol. The molecule has 6 heteroatoms. The standard InChI is InChI=1S/C13H12N2O3S/c14-12-5-4-9(6-13(12)15(17)18)8-19-11-3-1-2-10(16)7-11/h1-7,16H,8,14H2. The van der Waals surface area contributed by atoms with Crippen LogP contribution in [0.5, 0.6) is 5.75 Å². The molecule has 2 rings (SSSR count). The van der Waals surface area contributed by atoms with Crippen molar-refractivity contribution in [2.45, 2.75) is 10.6 Å². The van der Waals surface area contributed by atoms with Crippen LogP contribution in [0.25, 0.3) is 0 Å². The minimum atomic E-state index is -0.488. The van der Waals surface area contributed by atoms with E-state index in [1.807, 2.05) is 6.07 Å². The number of nitrogen functional groups attached to an aromatic ring is 1. The zero-order valence-electron chi connectivity index (χ0n) is 9.95. The molecule has 0 radical (unpaired) electrons. The average Bonchev–Trinajstić information content (AvgIpc) is 2.37. The number of hydrogen-bond acceptors (Lipinski definition) is 5. The molecule has 0 amide bonds. The summed E-state index contributed by atoms with van der Waals surface area (Å²) in [5.41, 5.74) is 6.44. The maximum atomic E-state index is 10.8. The van der Waals surface area contributed by atoms with Crippen molar-refractivity contribution in [3.8, 4) is 5.75 Å². The van der Waals surface area contributed by atoms with Crippen LogP contribution < -0.4 is 5.73 Å². The van der Waals surface area contributed by atoms with E-state index in [1.54, 1.807) is 24.3 Å². The average molecular weight is 276 g/mol. The molecule has 5 nitrogen and oxygen atoms in total. The minimum Gasteiger partial charge on any atom is -0.508 e. The molecule has 0 saturated heterocycles. The smallest absolute Gasteiger partial charge is 0.292 e. The molecule has 0 aliphatic heterocycles. The van der Waals surface area contributed by atoms with E-state index in [4.69, 9.17) is 5.73 Å². The summed E-state index contributed by atoms with van der Waals surface area (Å²) in [5, 5.41) is 20.1. The van der Waals surface area contributed by atoms with Crippen LogP contribution in [0.15, 0.2) is 47.4 Å². The Morgan fingerprint density at radius 1 is 1.26 bits per heavy atom. The molecule has 0 spiro atoms. The number of benzene rings is 2. The summed E-state index contributed by atoms with van der Waals surface area (Å²) >= 11 is 1.49. The van der Waals surface area contributed by atoms with Crippen LogP contribution in [0.1, 0.15) is 5.56 Å². The van der Waals surface area contributed by atoms with Crippen molar-refractivity contribution in [2.24, 2.45) is 0 Å². The lowest BCUT2D eigenvalue weighted by atomic mass is 10.2. The topological polar surface area (TPSA) is 89.4 Å². The number of anilines is 1. The molecule has 2 aromatic rings. The second-order valence-corrected chi connectivity index (χ2v) is 4.99. The number of nitrogens with two attached hydrogens (primary N) is 1. The number of phenolic OH excluding ortho intramolecular Hbond substituents is 1. The van der Waals surface area contributed by atoms with Crippen molar-refractivity contribution >= 4 is 23.1 Å². The number of aromatic hydroxyl groups is 1. The van der Waals surface area contributed by atoms with Crippen molar-refractivity contribution < 1.29 is 10.0 Å². The second-order valence-electron chi connectivity index (χ2n) is 3.94. The Morgan fingerprint density at radius 2 is 2.05 bits per heavy atom. The van der Waals surface area contributed by atoms with Gasteiger partial charge in [-0.3, -0.25) is 10.1 Å². The van der Waals surface area contributed by atoms with Gasteiger partial charge in [0.05, 0.1) is 4.92 Å². The van der Waals surface area contributed by atoms with Crippen LogP contribution in [0.3, 0.4) is 0 Å². The second kappa shape index (κ2) is 5.62. The van der Waals surface area contributed by atoms with Gasteiger partial charge in [-0.15, -0.1) is 11.8 Å². The van der Waals surface area contributed by atoms with Gasteiger partial charge in [-0.05, 0) is 29.8 Å². The number of hydrogen-bond donors (Lipinski definition) is 2. The molecular formula is C13H12N2O3S. The summed E-state index contributed by atoms with van der Waals surface area (Å²) in [6, 6.07) is 11.6. The third-order valence-corrected chi connectivity index (χ3v) is 3.58. The van der Waals surface area contributed by atoms with Gasteiger partial charge in [0.1, 0.15) is 11.4 Å². The fourth-order valence-electron chi connectivity index (χ4n) is 1.58. The summed E-state index contributed by atoms with van der Waals surface area (Å²) in [7, 11) is 0. The number of phenols is 1. The number of thioether (sulfide) groups is 1. The molecule has 0 aromatic heterocycles. The molecule has 0 aliphatic carbocycles. The third kappa shape index (κ3) is 3.38. The fraction of sp³-hybridized carbons (Fsp3) is 0.0769. The molecule has 0 fully saturated rings. The maximum Gasteiger partial charge on any atom is 0.292 e. The largest absolute Gasteiger partial charge is 0.508 e. The van der Waals surface area contributed by atoms with Crippen molar-refractivity contribution in [3.05, 3.63) is 58.1 Å². The van der Waals surface area contributed by atoms with Crippen LogP contribution in [-0.4, -0.2) is 10.0 Å². The zero-order valence-corrected chi connectivity index (χ0v) is 10.8. The van der Waals surface area contributed by atoms with Crippen LogP contribution in [0.4, 0.5) is 11.4 Å². The first-order chi connectivity index (χ1) is 9.06.